The monoisotopic (exact) mass is 144 g/mol. The van der Waals surface area contributed by atoms with Gasteiger partial charge < -0.3 is 0 Å². The molecule has 1 aromatic heterocycles. The minimum Gasteiger partial charge on any atom is -0.179 e. The van der Waals surface area contributed by atoms with E-state index in [9.17, 15) is 0 Å². The second-order valence-electron chi connectivity index (χ2n) is 2.27. The van der Waals surface area contributed by atoms with Crippen LogP contribution in [0.15, 0.2) is 0 Å². The third-order valence-corrected chi connectivity index (χ3v) is 1.73. The Morgan fingerprint density at radius 1 is 1.56 bits per heavy atom. The lowest BCUT2D eigenvalue weighted by Gasteiger charge is -1.91. The molecule has 0 unspecified atom stereocenters. The molecule has 9 heavy (non-hydrogen) atoms. The average molecular weight is 144 g/mol. The van der Waals surface area contributed by atoms with Gasteiger partial charge in [-0.15, -0.1) is 0 Å². The summed E-state index contributed by atoms with van der Waals surface area (Å²) < 4.78 is 5.77. The van der Waals surface area contributed by atoms with Crippen molar-refractivity contribution < 1.29 is 3.96 Å². The van der Waals surface area contributed by atoms with E-state index in [-0.39, 0.29) is 0 Å². The Bertz CT molecular complexity index is 194. The topological polar surface area (TPSA) is 29.7 Å². The molecule has 0 saturated carbocycles. The fourth-order valence-corrected chi connectivity index (χ4v) is 1.26. The molecule has 0 aliphatic rings. The van der Waals surface area contributed by atoms with E-state index in [1.165, 1.54) is 11.7 Å². The van der Waals surface area contributed by atoms with Gasteiger partial charge in [-0.1, -0.05) is 13.8 Å². The van der Waals surface area contributed by atoms with Crippen LogP contribution in [0.2, 0.25) is 0 Å². The number of hydrogen-bond donors (Lipinski definition) is 0. The van der Waals surface area contributed by atoms with Crippen LogP contribution in [0.4, 0.5) is 0 Å². The first-order chi connectivity index (χ1) is 4.22. The Morgan fingerprint density at radius 3 is 2.44 bits per heavy atom. The van der Waals surface area contributed by atoms with E-state index >= 15 is 0 Å². The molecule has 0 aliphatic carbocycles. The third kappa shape index (κ3) is 1.24. The van der Waals surface area contributed by atoms with Crippen molar-refractivity contribution in [2.24, 2.45) is 7.05 Å². The van der Waals surface area contributed by atoms with Crippen molar-refractivity contribution >= 4 is 11.7 Å². The molecule has 50 valence electrons. The van der Waals surface area contributed by atoms with Crippen molar-refractivity contribution in [3.8, 4) is 0 Å². The van der Waals surface area contributed by atoms with Gasteiger partial charge in [-0.2, -0.15) is 3.96 Å². The van der Waals surface area contributed by atoms with Gasteiger partial charge in [-0.05, 0) is 0 Å². The molecule has 1 heterocycles. The van der Waals surface area contributed by atoms with Crippen LogP contribution >= 0.6 is 11.7 Å². The van der Waals surface area contributed by atoms with Crippen molar-refractivity contribution in [2.75, 3.05) is 0 Å². The Labute approximate surface area is 58.7 Å². The number of rotatable bonds is 1. The fourth-order valence-electron chi connectivity index (χ4n) is 0.699. The van der Waals surface area contributed by atoms with Crippen molar-refractivity contribution in [1.29, 1.82) is 0 Å². The van der Waals surface area contributed by atoms with Crippen molar-refractivity contribution in [2.45, 2.75) is 19.8 Å². The van der Waals surface area contributed by atoms with E-state index in [0.29, 0.717) is 5.92 Å². The van der Waals surface area contributed by atoms with Gasteiger partial charge in [0.2, 0.25) is 11.7 Å². The van der Waals surface area contributed by atoms with E-state index < -0.39 is 0 Å². The summed E-state index contributed by atoms with van der Waals surface area (Å²) in [5.74, 6) is 1.54. The number of nitrogens with zero attached hydrogens (tertiary/aromatic N) is 3. The minimum absolute atomic E-state index is 0.480. The summed E-state index contributed by atoms with van der Waals surface area (Å²) in [5, 5.41) is 3.95. The molecule has 0 amide bonds. The van der Waals surface area contributed by atoms with Gasteiger partial charge in [0.15, 0.2) is 4.49 Å². The molecule has 0 saturated heterocycles. The molecule has 0 aliphatic heterocycles. The van der Waals surface area contributed by atoms with Gasteiger partial charge in [0, 0.05) is 5.92 Å². The number of aryl methyl sites for hydroxylation is 1. The summed E-state index contributed by atoms with van der Waals surface area (Å²) in [6.45, 7) is 4.22. The molecule has 1 rings (SSSR count). The lowest BCUT2D eigenvalue weighted by atomic mass is 10.2. The van der Waals surface area contributed by atoms with Crippen molar-refractivity contribution in [1.82, 2.24) is 9.59 Å². The van der Waals surface area contributed by atoms with Crippen LogP contribution < -0.4 is 3.96 Å². The van der Waals surface area contributed by atoms with Crippen LogP contribution in [-0.4, -0.2) is 9.59 Å². The molecular weight excluding hydrogens is 134 g/mol. The van der Waals surface area contributed by atoms with Crippen LogP contribution in [-0.2, 0) is 7.05 Å². The van der Waals surface area contributed by atoms with Crippen LogP contribution in [0.3, 0.4) is 0 Å². The van der Waals surface area contributed by atoms with E-state index in [1.54, 1.807) is 0 Å². The minimum atomic E-state index is 0.480. The van der Waals surface area contributed by atoms with Gasteiger partial charge in [0.05, 0.1) is 12.1 Å². The molecule has 0 radical (unpaired) electrons. The maximum Gasteiger partial charge on any atom is 0.295 e. The standard InChI is InChI=1S/C5H10N3S/c1-4(2)5-6-7-9-8(5)3/h4H,1-3H3/q+1. The lowest BCUT2D eigenvalue weighted by Crippen LogP contribution is -2.28. The molecule has 1 aromatic rings. The summed E-state index contributed by atoms with van der Waals surface area (Å²) in [6.07, 6.45) is 0. The maximum atomic E-state index is 3.95. The second-order valence-corrected chi connectivity index (χ2v) is 3.15. The fraction of sp³-hybridized carbons (Fsp3) is 0.800. The van der Waals surface area contributed by atoms with Gasteiger partial charge >= 0.3 is 0 Å². The van der Waals surface area contributed by atoms with Gasteiger partial charge in [-0.3, -0.25) is 0 Å². The van der Waals surface area contributed by atoms with Crippen LogP contribution in [0, 0.1) is 0 Å². The Balaban J connectivity index is 2.94. The van der Waals surface area contributed by atoms with Crippen molar-refractivity contribution in [3.63, 3.8) is 0 Å². The first kappa shape index (κ1) is 6.61. The SMILES string of the molecule is CC(C)c1nns[n+]1C. The van der Waals surface area contributed by atoms with Crippen LogP contribution in [0.5, 0.6) is 0 Å². The summed E-state index contributed by atoms with van der Waals surface area (Å²) in [5.41, 5.74) is 0. The van der Waals surface area contributed by atoms with E-state index in [4.69, 9.17) is 0 Å². The zero-order valence-electron chi connectivity index (χ0n) is 5.83. The van der Waals surface area contributed by atoms with Crippen LogP contribution in [0.1, 0.15) is 25.6 Å². The van der Waals surface area contributed by atoms with Crippen molar-refractivity contribution in [3.05, 3.63) is 5.82 Å². The highest BCUT2D eigenvalue weighted by atomic mass is 32.1. The van der Waals surface area contributed by atoms with Gasteiger partial charge in [0.25, 0.3) is 5.82 Å². The Kier molecular flexibility index (Phi) is 1.75. The van der Waals surface area contributed by atoms with E-state index in [0.717, 1.165) is 5.82 Å². The number of aromatic nitrogens is 3. The summed E-state index contributed by atoms with van der Waals surface area (Å²) in [7, 11) is 1.97. The lowest BCUT2D eigenvalue weighted by molar-refractivity contribution is -0.613. The van der Waals surface area contributed by atoms with Gasteiger partial charge in [0.1, 0.15) is 0 Å². The Hall–Kier alpha value is -0.510. The first-order valence-electron chi connectivity index (χ1n) is 2.90. The molecule has 0 N–H and O–H groups in total. The molecule has 0 bridgehead atoms. The largest absolute Gasteiger partial charge is 0.295 e. The summed E-state index contributed by atoms with van der Waals surface area (Å²) >= 11 is 1.39. The zero-order valence-corrected chi connectivity index (χ0v) is 6.64. The molecule has 0 atom stereocenters. The van der Waals surface area contributed by atoms with Crippen LogP contribution in [0.25, 0.3) is 0 Å². The predicted molar refractivity (Wildman–Crippen MR) is 35.2 cm³/mol. The van der Waals surface area contributed by atoms with Gasteiger partial charge in [-0.25, -0.2) is 0 Å². The molecular formula is C5H10N3S+. The average Bonchev–Trinajstić information content (AvgIpc) is 2.13. The Morgan fingerprint density at radius 2 is 2.22 bits per heavy atom. The third-order valence-electron chi connectivity index (χ3n) is 1.14. The highest BCUT2D eigenvalue weighted by Gasteiger charge is 2.14. The summed E-state index contributed by atoms with van der Waals surface area (Å²) in [6, 6.07) is 0. The second kappa shape index (κ2) is 2.39. The molecule has 0 spiro atoms. The zero-order chi connectivity index (χ0) is 6.85. The smallest absolute Gasteiger partial charge is 0.179 e. The van der Waals surface area contributed by atoms with E-state index in [1.807, 2.05) is 11.0 Å². The number of hydrogen-bond acceptors (Lipinski definition) is 3. The highest BCUT2D eigenvalue weighted by molar-refractivity contribution is 6.94. The highest BCUT2D eigenvalue weighted by Crippen LogP contribution is 2.04. The molecule has 4 heteroatoms. The molecule has 0 aromatic carbocycles. The molecule has 3 nitrogen and oxygen atoms in total. The maximum absolute atomic E-state index is 3.95. The predicted octanol–water partition coefficient (Wildman–Crippen LogP) is 0.486. The quantitative estimate of drug-likeness (QED) is 0.537. The summed E-state index contributed by atoms with van der Waals surface area (Å²) in [4.78, 5) is 0. The normalized spacial score (nSPS) is 10.7. The molecule has 0 fully saturated rings. The van der Waals surface area contributed by atoms with E-state index in [2.05, 4.69) is 23.4 Å². The first-order valence-corrected chi connectivity index (χ1v) is 3.63.